The molecular formula is C19H16N2O4. The zero-order chi connectivity index (χ0) is 17.4. The number of amides is 3. The van der Waals surface area contributed by atoms with Gasteiger partial charge in [-0.05, 0) is 36.6 Å². The Morgan fingerprint density at radius 1 is 1.04 bits per heavy atom. The quantitative estimate of drug-likeness (QED) is 0.872. The number of nitrogens with one attached hydrogen (secondary N) is 1. The van der Waals surface area contributed by atoms with Crippen LogP contribution in [0.4, 0.5) is 5.69 Å². The van der Waals surface area contributed by atoms with E-state index in [0.29, 0.717) is 29.2 Å². The normalized spacial score (nSPS) is 15.4. The van der Waals surface area contributed by atoms with Crippen molar-refractivity contribution >= 4 is 23.4 Å². The fourth-order valence-electron chi connectivity index (χ4n) is 3.20. The topological polar surface area (TPSA) is 75.7 Å². The molecular weight excluding hydrogens is 320 g/mol. The van der Waals surface area contributed by atoms with Crippen molar-refractivity contribution in [1.82, 2.24) is 4.90 Å². The van der Waals surface area contributed by atoms with Crippen molar-refractivity contribution in [1.29, 1.82) is 0 Å². The van der Waals surface area contributed by atoms with Gasteiger partial charge in [0.05, 0.1) is 23.4 Å². The standard InChI is InChI=1S/C19H16N2O4/c22-16(20-15-9-3-5-12-6-4-10-25-17(12)15)11-21-18(23)13-7-1-2-8-14(13)19(21)24/h1-3,5,7-9H,4,6,10-11H2,(H,20,22). The van der Waals surface area contributed by atoms with Crippen molar-refractivity contribution in [3.63, 3.8) is 0 Å². The fraction of sp³-hybridized carbons (Fsp3) is 0.211. The van der Waals surface area contributed by atoms with Gasteiger partial charge in [0.25, 0.3) is 11.8 Å². The molecule has 6 heteroatoms. The van der Waals surface area contributed by atoms with Gasteiger partial charge in [-0.25, -0.2) is 0 Å². The summed E-state index contributed by atoms with van der Waals surface area (Å²) >= 11 is 0. The first-order chi connectivity index (χ1) is 12.1. The molecule has 0 unspecified atom stereocenters. The van der Waals surface area contributed by atoms with Crippen molar-refractivity contribution < 1.29 is 19.1 Å². The molecule has 0 saturated carbocycles. The maximum absolute atomic E-state index is 12.4. The number of para-hydroxylation sites is 1. The van der Waals surface area contributed by atoms with Crippen LogP contribution in [0, 0.1) is 0 Å². The summed E-state index contributed by atoms with van der Waals surface area (Å²) in [4.78, 5) is 38.0. The molecule has 0 fully saturated rings. The molecule has 2 aromatic rings. The van der Waals surface area contributed by atoms with E-state index in [2.05, 4.69) is 5.32 Å². The van der Waals surface area contributed by atoms with E-state index in [1.165, 1.54) is 0 Å². The fourth-order valence-corrected chi connectivity index (χ4v) is 3.20. The molecule has 0 saturated heterocycles. The van der Waals surface area contributed by atoms with Crippen molar-refractivity contribution in [2.75, 3.05) is 18.5 Å². The Kier molecular flexibility index (Phi) is 3.72. The predicted molar refractivity (Wildman–Crippen MR) is 90.7 cm³/mol. The lowest BCUT2D eigenvalue weighted by Crippen LogP contribution is -2.37. The van der Waals surface area contributed by atoms with Crippen LogP contribution in [0.25, 0.3) is 0 Å². The average molecular weight is 336 g/mol. The van der Waals surface area contributed by atoms with Gasteiger partial charge in [-0.3, -0.25) is 19.3 Å². The predicted octanol–water partition coefficient (Wildman–Crippen LogP) is 2.25. The largest absolute Gasteiger partial charge is 0.491 e. The number of hydrogen-bond acceptors (Lipinski definition) is 4. The van der Waals surface area contributed by atoms with Gasteiger partial charge < -0.3 is 10.1 Å². The number of hydrogen-bond donors (Lipinski definition) is 1. The minimum Gasteiger partial charge on any atom is -0.491 e. The van der Waals surface area contributed by atoms with Gasteiger partial charge in [-0.15, -0.1) is 0 Å². The highest BCUT2D eigenvalue weighted by Crippen LogP contribution is 2.33. The van der Waals surface area contributed by atoms with E-state index in [1.54, 1.807) is 30.3 Å². The van der Waals surface area contributed by atoms with E-state index in [-0.39, 0.29) is 6.54 Å². The van der Waals surface area contributed by atoms with Crippen LogP contribution < -0.4 is 10.1 Å². The molecule has 2 heterocycles. The third-order valence-electron chi connectivity index (χ3n) is 4.39. The first-order valence-electron chi connectivity index (χ1n) is 8.15. The summed E-state index contributed by atoms with van der Waals surface area (Å²) < 4.78 is 5.66. The maximum Gasteiger partial charge on any atom is 0.262 e. The number of carbonyl (C=O) groups is 3. The number of aryl methyl sites for hydroxylation is 1. The van der Waals surface area contributed by atoms with E-state index in [9.17, 15) is 14.4 Å². The Labute approximate surface area is 144 Å². The van der Waals surface area contributed by atoms with Crippen LogP contribution in [0.15, 0.2) is 42.5 Å². The highest BCUT2D eigenvalue weighted by Gasteiger charge is 2.36. The molecule has 2 aliphatic heterocycles. The van der Waals surface area contributed by atoms with Crippen LogP contribution in [0.2, 0.25) is 0 Å². The number of fused-ring (bicyclic) bond motifs is 2. The van der Waals surface area contributed by atoms with E-state index < -0.39 is 17.7 Å². The van der Waals surface area contributed by atoms with E-state index in [4.69, 9.17) is 4.74 Å². The number of benzene rings is 2. The summed E-state index contributed by atoms with van der Waals surface area (Å²) in [6.07, 6.45) is 1.84. The van der Waals surface area contributed by atoms with Crippen LogP contribution in [-0.2, 0) is 11.2 Å². The second kappa shape index (κ2) is 6.05. The molecule has 1 N–H and O–H groups in total. The molecule has 0 radical (unpaired) electrons. The molecule has 0 bridgehead atoms. The lowest BCUT2D eigenvalue weighted by Gasteiger charge is -2.21. The molecule has 2 aliphatic rings. The lowest BCUT2D eigenvalue weighted by atomic mass is 10.1. The van der Waals surface area contributed by atoms with E-state index in [0.717, 1.165) is 23.3 Å². The first kappa shape index (κ1) is 15.4. The molecule has 126 valence electrons. The van der Waals surface area contributed by atoms with Gasteiger partial charge in [0.1, 0.15) is 12.3 Å². The second-order valence-corrected chi connectivity index (χ2v) is 6.04. The van der Waals surface area contributed by atoms with Gasteiger partial charge in [-0.2, -0.15) is 0 Å². The smallest absolute Gasteiger partial charge is 0.262 e. The summed E-state index contributed by atoms with van der Waals surface area (Å²) in [6.45, 7) is 0.286. The van der Waals surface area contributed by atoms with Gasteiger partial charge in [0, 0.05) is 0 Å². The van der Waals surface area contributed by atoms with Gasteiger partial charge >= 0.3 is 0 Å². The number of nitrogens with zero attached hydrogens (tertiary/aromatic N) is 1. The number of carbonyl (C=O) groups excluding carboxylic acids is 3. The third kappa shape index (κ3) is 2.65. The molecule has 6 nitrogen and oxygen atoms in total. The number of imide groups is 1. The number of anilines is 1. The molecule has 0 atom stereocenters. The Morgan fingerprint density at radius 2 is 1.76 bits per heavy atom. The third-order valence-corrected chi connectivity index (χ3v) is 4.39. The molecule has 0 aliphatic carbocycles. The highest BCUT2D eigenvalue weighted by molar-refractivity contribution is 6.22. The SMILES string of the molecule is O=C(CN1C(=O)c2ccccc2C1=O)Nc1cccc2c1OCCC2. The van der Waals surface area contributed by atoms with Gasteiger partial charge in [0.15, 0.2) is 0 Å². The van der Waals surface area contributed by atoms with Crippen LogP contribution >= 0.6 is 0 Å². The van der Waals surface area contributed by atoms with Gasteiger partial charge in [0.2, 0.25) is 5.91 Å². The van der Waals surface area contributed by atoms with Crippen molar-refractivity contribution in [3.8, 4) is 5.75 Å². The summed E-state index contributed by atoms with van der Waals surface area (Å²) in [5, 5.41) is 2.75. The Bertz CT molecular complexity index is 856. The summed E-state index contributed by atoms with van der Waals surface area (Å²) in [6, 6.07) is 12.1. The number of ether oxygens (including phenoxy) is 1. The Morgan fingerprint density at radius 3 is 2.48 bits per heavy atom. The molecule has 0 aromatic heterocycles. The zero-order valence-corrected chi connectivity index (χ0v) is 13.5. The summed E-state index contributed by atoms with van der Waals surface area (Å²) in [5.41, 5.74) is 2.28. The highest BCUT2D eigenvalue weighted by atomic mass is 16.5. The minimum absolute atomic E-state index is 0.323. The monoisotopic (exact) mass is 336 g/mol. The minimum atomic E-state index is -0.443. The lowest BCUT2D eigenvalue weighted by molar-refractivity contribution is -0.116. The van der Waals surface area contributed by atoms with Crippen LogP contribution in [-0.4, -0.2) is 35.8 Å². The van der Waals surface area contributed by atoms with Crippen molar-refractivity contribution in [3.05, 3.63) is 59.2 Å². The van der Waals surface area contributed by atoms with Crippen LogP contribution in [0.1, 0.15) is 32.7 Å². The van der Waals surface area contributed by atoms with Crippen molar-refractivity contribution in [2.24, 2.45) is 0 Å². The van der Waals surface area contributed by atoms with Crippen molar-refractivity contribution in [2.45, 2.75) is 12.8 Å². The number of rotatable bonds is 3. The molecule has 2 aromatic carbocycles. The van der Waals surface area contributed by atoms with E-state index >= 15 is 0 Å². The molecule has 25 heavy (non-hydrogen) atoms. The molecule has 3 amide bonds. The van der Waals surface area contributed by atoms with E-state index in [1.807, 2.05) is 12.1 Å². The zero-order valence-electron chi connectivity index (χ0n) is 13.5. The molecule has 4 rings (SSSR count). The summed E-state index contributed by atoms with van der Waals surface area (Å²) in [7, 11) is 0. The first-order valence-corrected chi connectivity index (χ1v) is 8.15. The second-order valence-electron chi connectivity index (χ2n) is 6.04. The Balaban J connectivity index is 1.51. The maximum atomic E-state index is 12.4. The molecule has 0 spiro atoms. The van der Waals surface area contributed by atoms with Crippen LogP contribution in [0.3, 0.4) is 0 Å². The average Bonchev–Trinajstić information content (AvgIpc) is 2.87. The Hall–Kier alpha value is -3.15. The van der Waals surface area contributed by atoms with Crippen LogP contribution in [0.5, 0.6) is 5.75 Å². The summed E-state index contributed by atoms with van der Waals surface area (Å²) in [5.74, 6) is -0.647. The van der Waals surface area contributed by atoms with Gasteiger partial charge in [-0.1, -0.05) is 24.3 Å².